The van der Waals surface area contributed by atoms with Gasteiger partial charge in [0.1, 0.15) is 0 Å². The van der Waals surface area contributed by atoms with Crippen LogP contribution >= 0.6 is 11.3 Å². The van der Waals surface area contributed by atoms with Gasteiger partial charge in [0, 0.05) is 43.7 Å². The lowest BCUT2D eigenvalue weighted by molar-refractivity contribution is -0.120. The van der Waals surface area contributed by atoms with Crippen molar-refractivity contribution in [2.45, 2.75) is 13.5 Å². The number of carbonyl (C=O) groups excluding carboxylic acids is 2. The highest BCUT2D eigenvalue weighted by Gasteiger charge is 2.25. The lowest BCUT2D eigenvalue weighted by Crippen LogP contribution is -2.48. The highest BCUT2D eigenvalue weighted by molar-refractivity contribution is 7.09. The highest BCUT2D eigenvalue weighted by Crippen LogP contribution is 2.39. The van der Waals surface area contributed by atoms with Crippen molar-refractivity contribution in [2.75, 3.05) is 47.0 Å². The van der Waals surface area contributed by atoms with Crippen LogP contribution < -0.4 is 19.9 Å². The van der Waals surface area contributed by atoms with E-state index in [1.54, 1.807) is 28.4 Å². The van der Waals surface area contributed by atoms with Crippen LogP contribution in [-0.4, -0.2) is 73.6 Å². The number of primary amides is 1. The van der Waals surface area contributed by atoms with Crippen molar-refractivity contribution in [2.24, 2.45) is 5.73 Å². The van der Waals surface area contributed by atoms with Gasteiger partial charge in [-0.3, -0.25) is 14.5 Å². The van der Waals surface area contributed by atoms with Crippen LogP contribution in [0.15, 0.2) is 17.5 Å². The largest absolute Gasteiger partial charge is 0.493 e. The van der Waals surface area contributed by atoms with E-state index in [9.17, 15) is 9.59 Å². The fourth-order valence-corrected chi connectivity index (χ4v) is 3.89. The normalized spacial score (nSPS) is 14.4. The van der Waals surface area contributed by atoms with Crippen LogP contribution in [0, 0.1) is 6.92 Å². The maximum absolute atomic E-state index is 13.1. The zero-order chi connectivity index (χ0) is 21.7. The highest BCUT2D eigenvalue weighted by atomic mass is 32.1. The van der Waals surface area contributed by atoms with Crippen molar-refractivity contribution in [1.29, 1.82) is 0 Å². The van der Waals surface area contributed by atoms with Crippen molar-refractivity contribution in [3.63, 3.8) is 0 Å². The number of thiazole rings is 1. The van der Waals surface area contributed by atoms with Gasteiger partial charge in [0.25, 0.3) is 11.8 Å². The molecular weight excluding hydrogens is 408 g/mol. The van der Waals surface area contributed by atoms with Gasteiger partial charge in [0.15, 0.2) is 18.1 Å². The summed E-state index contributed by atoms with van der Waals surface area (Å²) in [4.78, 5) is 32.7. The van der Waals surface area contributed by atoms with Gasteiger partial charge < -0.3 is 24.8 Å². The van der Waals surface area contributed by atoms with Crippen LogP contribution in [-0.2, 0) is 11.3 Å². The topological polar surface area (TPSA) is 107 Å². The predicted molar refractivity (Wildman–Crippen MR) is 112 cm³/mol. The fourth-order valence-electron chi connectivity index (χ4n) is 3.29. The number of carbonyl (C=O) groups is 2. The van der Waals surface area contributed by atoms with Crippen LogP contribution in [0.2, 0.25) is 0 Å². The van der Waals surface area contributed by atoms with Gasteiger partial charge in [0.05, 0.1) is 24.9 Å². The third kappa shape index (κ3) is 5.19. The number of ether oxygens (including phenoxy) is 3. The minimum absolute atomic E-state index is 0.114. The Bertz CT molecular complexity index is 883. The van der Waals surface area contributed by atoms with E-state index >= 15 is 0 Å². The number of nitrogens with two attached hydrogens (primary N) is 1. The molecule has 1 aliphatic heterocycles. The van der Waals surface area contributed by atoms with Gasteiger partial charge in [-0.05, 0) is 19.1 Å². The number of aromatic nitrogens is 1. The maximum Gasteiger partial charge on any atom is 0.255 e. The molecule has 0 spiro atoms. The summed E-state index contributed by atoms with van der Waals surface area (Å²) in [5, 5.41) is 3.14. The van der Waals surface area contributed by atoms with E-state index in [0.717, 1.165) is 30.3 Å². The molecule has 2 amide bonds. The molecule has 1 fully saturated rings. The number of aryl methyl sites for hydroxylation is 1. The monoisotopic (exact) mass is 434 g/mol. The Balaban J connectivity index is 1.68. The Morgan fingerprint density at radius 1 is 1.13 bits per heavy atom. The Morgan fingerprint density at radius 3 is 2.27 bits per heavy atom. The summed E-state index contributed by atoms with van der Waals surface area (Å²) in [5.74, 6) is 0.105. The summed E-state index contributed by atoms with van der Waals surface area (Å²) in [6.07, 6.45) is 0. The van der Waals surface area contributed by atoms with Gasteiger partial charge in [-0.15, -0.1) is 11.3 Å². The summed E-state index contributed by atoms with van der Waals surface area (Å²) in [6, 6.07) is 3.18. The van der Waals surface area contributed by atoms with Gasteiger partial charge >= 0.3 is 0 Å². The third-order valence-electron chi connectivity index (χ3n) is 4.78. The van der Waals surface area contributed by atoms with Gasteiger partial charge in [-0.25, -0.2) is 4.98 Å². The first-order valence-corrected chi connectivity index (χ1v) is 10.4. The molecule has 3 rings (SSSR count). The van der Waals surface area contributed by atoms with Crippen LogP contribution in [0.25, 0.3) is 0 Å². The average Bonchev–Trinajstić information content (AvgIpc) is 3.16. The molecule has 0 saturated carbocycles. The average molecular weight is 435 g/mol. The van der Waals surface area contributed by atoms with E-state index in [4.69, 9.17) is 19.9 Å². The molecule has 0 aliphatic carbocycles. The number of rotatable bonds is 8. The van der Waals surface area contributed by atoms with Gasteiger partial charge in [0.2, 0.25) is 5.75 Å². The summed E-state index contributed by atoms with van der Waals surface area (Å²) in [7, 11) is 2.91. The molecule has 0 unspecified atom stereocenters. The number of hydrogen-bond acceptors (Lipinski definition) is 8. The van der Waals surface area contributed by atoms with E-state index in [1.165, 1.54) is 14.2 Å². The molecule has 30 heavy (non-hydrogen) atoms. The van der Waals surface area contributed by atoms with Crippen molar-refractivity contribution in [3.8, 4) is 17.2 Å². The molecule has 1 aliphatic rings. The quantitative estimate of drug-likeness (QED) is 0.667. The van der Waals surface area contributed by atoms with Crippen LogP contribution in [0.3, 0.4) is 0 Å². The molecule has 1 saturated heterocycles. The smallest absolute Gasteiger partial charge is 0.255 e. The van der Waals surface area contributed by atoms with Crippen LogP contribution in [0.1, 0.15) is 21.1 Å². The first kappa shape index (κ1) is 21.8. The number of benzene rings is 1. The second-order valence-electron chi connectivity index (χ2n) is 6.89. The molecule has 1 aromatic heterocycles. The maximum atomic E-state index is 13.1. The van der Waals surface area contributed by atoms with E-state index in [0.29, 0.717) is 30.2 Å². The Kier molecular flexibility index (Phi) is 7.11. The molecule has 0 atom stereocenters. The van der Waals surface area contributed by atoms with Crippen LogP contribution in [0.5, 0.6) is 17.2 Å². The summed E-state index contributed by atoms with van der Waals surface area (Å²) < 4.78 is 16.1. The molecule has 1 aromatic carbocycles. The molecule has 10 heteroatoms. The molecule has 0 bridgehead atoms. The standard InChI is InChI=1S/C20H26N4O5S/c1-13-22-15(12-30-13)10-23-4-6-24(7-5-23)20(26)14-8-16(27-2)19(17(9-14)28-3)29-11-18(21)25/h8-9,12H,4-7,10-11H2,1-3H3,(H2,21,25). The van der Waals surface area contributed by atoms with E-state index in [1.807, 2.05) is 6.92 Å². The lowest BCUT2D eigenvalue weighted by atomic mass is 10.1. The van der Waals surface area contributed by atoms with E-state index < -0.39 is 5.91 Å². The number of nitrogens with zero attached hydrogens (tertiary/aromatic N) is 3. The molecule has 2 N–H and O–H groups in total. The minimum Gasteiger partial charge on any atom is -0.493 e. The Hall–Kier alpha value is -2.85. The second kappa shape index (κ2) is 9.77. The molecule has 0 radical (unpaired) electrons. The molecule has 2 heterocycles. The summed E-state index contributed by atoms with van der Waals surface area (Å²) in [6.45, 7) is 5.25. The van der Waals surface area contributed by atoms with Crippen molar-refractivity contribution < 1.29 is 23.8 Å². The minimum atomic E-state index is -0.620. The first-order chi connectivity index (χ1) is 14.4. The lowest BCUT2D eigenvalue weighted by Gasteiger charge is -2.34. The number of piperazine rings is 1. The van der Waals surface area contributed by atoms with Gasteiger partial charge in [-0.2, -0.15) is 0 Å². The van der Waals surface area contributed by atoms with E-state index in [2.05, 4.69) is 15.3 Å². The summed E-state index contributed by atoms with van der Waals surface area (Å²) >= 11 is 1.65. The zero-order valence-corrected chi connectivity index (χ0v) is 18.2. The second-order valence-corrected chi connectivity index (χ2v) is 7.95. The molecular formula is C20H26N4O5S. The summed E-state index contributed by atoms with van der Waals surface area (Å²) in [5.41, 5.74) is 6.64. The number of methoxy groups -OCH3 is 2. The number of hydrogen-bond donors (Lipinski definition) is 1. The zero-order valence-electron chi connectivity index (χ0n) is 17.3. The predicted octanol–water partition coefficient (Wildman–Crippen LogP) is 1.29. The van der Waals surface area contributed by atoms with Crippen molar-refractivity contribution >= 4 is 23.2 Å². The molecule has 9 nitrogen and oxygen atoms in total. The Morgan fingerprint density at radius 2 is 1.77 bits per heavy atom. The number of amides is 2. The van der Waals surface area contributed by atoms with Gasteiger partial charge in [-0.1, -0.05) is 0 Å². The van der Waals surface area contributed by atoms with Crippen LogP contribution in [0.4, 0.5) is 0 Å². The first-order valence-electron chi connectivity index (χ1n) is 9.51. The Labute approximate surface area is 179 Å². The molecule has 162 valence electrons. The third-order valence-corrected chi connectivity index (χ3v) is 5.60. The van der Waals surface area contributed by atoms with Crippen molar-refractivity contribution in [1.82, 2.24) is 14.8 Å². The SMILES string of the molecule is COc1cc(C(=O)N2CCN(Cc3csc(C)n3)CC2)cc(OC)c1OCC(N)=O. The molecule has 2 aromatic rings. The van der Waals surface area contributed by atoms with Crippen molar-refractivity contribution in [3.05, 3.63) is 33.8 Å². The van der Waals surface area contributed by atoms with E-state index in [-0.39, 0.29) is 18.3 Å². The fraction of sp³-hybridized carbons (Fsp3) is 0.450.